The second-order valence-electron chi connectivity index (χ2n) is 5.28. The number of carboxylic acid groups (broad SMARTS) is 1. The summed E-state index contributed by atoms with van der Waals surface area (Å²) in [6.45, 7) is 5.33. The molecule has 0 bridgehead atoms. The summed E-state index contributed by atoms with van der Waals surface area (Å²) in [5.41, 5.74) is 0.107. The summed E-state index contributed by atoms with van der Waals surface area (Å²) in [7, 11) is 0. The molecule has 0 aliphatic carbocycles. The van der Waals surface area contributed by atoms with Crippen LogP contribution in [0.1, 0.15) is 31.1 Å². The Morgan fingerprint density at radius 3 is 2.05 bits per heavy atom. The van der Waals surface area contributed by atoms with Crippen molar-refractivity contribution in [3.63, 3.8) is 0 Å². The second kappa shape index (κ2) is 6.85. The molecule has 5 nitrogen and oxygen atoms in total. The van der Waals surface area contributed by atoms with Crippen molar-refractivity contribution >= 4 is 66.8 Å². The molecule has 21 heavy (non-hydrogen) atoms. The average molecular weight is 438 g/mol. The Morgan fingerprint density at radius 1 is 1.19 bits per heavy atom. The standard InChI is InChI=1S/C13H14Br2N2O3S/c1-13(2,3)11(20)17-12(21)16-9-7(14)4-6(10(18)19)5-8(9)15/h4-5H,1-3H3,(H,18,19)(H2,16,17,20,21). The largest absolute Gasteiger partial charge is 0.478 e. The van der Waals surface area contributed by atoms with E-state index in [1.807, 2.05) is 0 Å². The molecular weight excluding hydrogens is 424 g/mol. The first kappa shape index (κ1) is 18.1. The highest BCUT2D eigenvalue weighted by atomic mass is 79.9. The smallest absolute Gasteiger partial charge is 0.335 e. The first-order valence-corrected chi connectivity index (χ1v) is 7.86. The average Bonchev–Trinajstić information content (AvgIpc) is 2.32. The highest BCUT2D eigenvalue weighted by molar-refractivity contribution is 9.11. The SMILES string of the molecule is CC(C)(C)C(=O)NC(=S)Nc1c(Br)cc(C(=O)O)cc1Br. The predicted molar refractivity (Wildman–Crippen MR) is 92.6 cm³/mol. The molecule has 3 N–H and O–H groups in total. The fraction of sp³-hybridized carbons (Fsp3) is 0.308. The van der Waals surface area contributed by atoms with Gasteiger partial charge in [-0.25, -0.2) is 4.79 Å². The molecule has 0 aromatic heterocycles. The van der Waals surface area contributed by atoms with Crippen molar-refractivity contribution in [2.75, 3.05) is 5.32 Å². The van der Waals surface area contributed by atoms with Gasteiger partial charge in [-0.3, -0.25) is 4.79 Å². The number of carbonyl (C=O) groups excluding carboxylic acids is 1. The molecule has 1 aromatic carbocycles. The molecule has 1 amide bonds. The van der Waals surface area contributed by atoms with E-state index in [4.69, 9.17) is 17.3 Å². The Balaban J connectivity index is 2.92. The fourth-order valence-corrected chi connectivity index (χ4v) is 2.83. The van der Waals surface area contributed by atoms with E-state index in [1.54, 1.807) is 20.8 Å². The molecule has 0 heterocycles. The molecule has 114 valence electrons. The number of nitrogens with one attached hydrogen (secondary N) is 2. The van der Waals surface area contributed by atoms with E-state index in [0.717, 1.165) is 0 Å². The molecule has 0 saturated heterocycles. The van der Waals surface area contributed by atoms with E-state index in [1.165, 1.54) is 12.1 Å². The normalized spacial score (nSPS) is 10.9. The van der Waals surface area contributed by atoms with Crippen LogP contribution in [-0.4, -0.2) is 22.1 Å². The highest BCUT2D eigenvalue weighted by Crippen LogP contribution is 2.32. The van der Waals surface area contributed by atoms with Crippen LogP contribution in [0.4, 0.5) is 5.69 Å². The molecule has 0 aliphatic rings. The molecule has 1 aromatic rings. The van der Waals surface area contributed by atoms with Crippen LogP contribution < -0.4 is 10.6 Å². The molecule has 0 fully saturated rings. The number of aromatic carboxylic acids is 1. The Labute approximate surface area is 144 Å². The molecule has 0 aliphatic heterocycles. The third kappa shape index (κ3) is 5.05. The summed E-state index contributed by atoms with van der Waals surface area (Å²) in [6, 6.07) is 2.90. The van der Waals surface area contributed by atoms with Crippen LogP contribution in [0.2, 0.25) is 0 Å². The lowest BCUT2D eigenvalue weighted by atomic mass is 9.96. The zero-order chi connectivity index (χ0) is 16.4. The Kier molecular flexibility index (Phi) is 5.89. The topological polar surface area (TPSA) is 78.4 Å². The van der Waals surface area contributed by atoms with E-state index in [-0.39, 0.29) is 16.6 Å². The summed E-state index contributed by atoms with van der Waals surface area (Å²) in [6.07, 6.45) is 0. The highest BCUT2D eigenvalue weighted by Gasteiger charge is 2.22. The minimum Gasteiger partial charge on any atom is -0.478 e. The minimum atomic E-state index is -1.04. The number of amides is 1. The van der Waals surface area contributed by atoms with E-state index in [2.05, 4.69) is 42.5 Å². The van der Waals surface area contributed by atoms with Crippen molar-refractivity contribution in [3.8, 4) is 0 Å². The maximum Gasteiger partial charge on any atom is 0.335 e. The van der Waals surface area contributed by atoms with E-state index in [9.17, 15) is 9.59 Å². The third-order valence-corrected chi connectivity index (χ3v) is 3.89. The number of carbonyl (C=O) groups is 2. The van der Waals surface area contributed by atoms with Crippen LogP contribution in [0.15, 0.2) is 21.1 Å². The molecule has 0 radical (unpaired) electrons. The van der Waals surface area contributed by atoms with Crippen LogP contribution in [0.3, 0.4) is 0 Å². The lowest BCUT2D eigenvalue weighted by molar-refractivity contribution is -0.126. The number of rotatable bonds is 2. The van der Waals surface area contributed by atoms with Crippen molar-refractivity contribution < 1.29 is 14.7 Å². The first-order chi connectivity index (χ1) is 9.52. The van der Waals surface area contributed by atoms with E-state index >= 15 is 0 Å². The third-order valence-electron chi connectivity index (χ3n) is 2.44. The summed E-state index contributed by atoms with van der Waals surface area (Å²) in [4.78, 5) is 22.8. The lowest BCUT2D eigenvalue weighted by Crippen LogP contribution is -2.41. The van der Waals surface area contributed by atoms with Gasteiger partial charge in [-0.15, -0.1) is 0 Å². The first-order valence-electron chi connectivity index (χ1n) is 5.87. The van der Waals surface area contributed by atoms with Gasteiger partial charge in [0.2, 0.25) is 5.91 Å². The Hall–Kier alpha value is -0.990. The van der Waals surface area contributed by atoms with Gasteiger partial charge < -0.3 is 15.7 Å². The number of hydrogen-bond acceptors (Lipinski definition) is 3. The summed E-state index contributed by atoms with van der Waals surface area (Å²) in [5, 5.41) is 14.6. The summed E-state index contributed by atoms with van der Waals surface area (Å²) in [5.74, 6) is -1.25. The zero-order valence-corrected chi connectivity index (χ0v) is 15.6. The quantitative estimate of drug-likeness (QED) is 0.613. The second-order valence-corrected chi connectivity index (χ2v) is 7.40. The van der Waals surface area contributed by atoms with E-state index < -0.39 is 11.4 Å². The molecular formula is C13H14Br2N2O3S. The van der Waals surface area contributed by atoms with Gasteiger partial charge in [0, 0.05) is 14.4 Å². The predicted octanol–water partition coefficient (Wildman–Crippen LogP) is 3.77. The van der Waals surface area contributed by atoms with Crippen LogP contribution >= 0.6 is 44.1 Å². The summed E-state index contributed by atoms with van der Waals surface area (Å²) < 4.78 is 1.03. The number of halogens is 2. The van der Waals surface area contributed by atoms with Gasteiger partial charge in [0.15, 0.2) is 5.11 Å². The van der Waals surface area contributed by atoms with E-state index in [0.29, 0.717) is 14.6 Å². The van der Waals surface area contributed by atoms with Gasteiger partial charge >= 0.3 is 5.97 Å². The summed E-state index contributed by atoms with van der Waals surface area (Å²) >= 11 is 11.6. The van der Waals surface area contributed by atoms with Crippen molar-refractivity contribution in [2.45, 2.75) is 20.8 Å². The van der Waals surface area contributed by atoms with Crippen molar-refractivity contribution in [1.29, 1.82) is 0 Å². The maximum absolute atomic E-state index is 11.8. The van der Waals surface area contributed by atoms with Crippen LogP contribution in [0.5, 0.6) is 0 Å². The van der Waals surface area contributed by atoms with Gasteiger partial charge in [-0.1, -0.05) is 20.8 Å². The van der Waals surface area contributed by atoms with Crippen LogP contribution in [0.25, 0.3) is 0 Å². The Bertz CT molecular complexity index is 589. The van der Waals surface area contributed by atoms with Crippen molar-refractivity contribution in [2.24, 2.45) is 5.41 Å². The van der Waals surface area contributed by atoms with Gasteiger partial charge in [-0.2, -0.15) is 0 Å². The molecule has 8 heteroatoms. The monoisotopic (exact) mass is 436 g/mol. The lowest BCUT2D eigenvalue weighted by Gasteiger charge is -2.19. The molecule has 0 saturated carbocycles. The number of anilines is 1. The van der Waals surface area contributed by atoms with Crippen LogP contribution in [0, 0.1) is 5.41 Å². The molecule has 1 rings (SSSR count). The van der Waals surface area contributed by atoms with Crippen molar-refractivity contribution in [1.82, 2.24) is 5.32 Å². The molecule has 0 unspecified atom stereocenters. The minimum absolute atomic E-state index is 0.129. The van der Waals surface area contributed by atoms with Gasteiger partial charge in [-0.05, 0) is 56.2 Å². The van der Waals surface area contributed by atoms with Crippen molar-refractivity contribution in [3.05, 3.63) is 26.6 Å². The molecule has 0 spiro atoms. The Morgan fingerprint density at radius 2 is 1.67 bits per heavy atom. The number of carboxylic acids is 1. The number of hydrogen-bond donors (Lipinski definition) is 3. The van der Waals surface area contributed by atoms with Gasteiger partial charge in [0.05, 0.1) is 11.3 Å². The molecule has 0 atom stereocenters. The van der Waals surface area contributed by atoms with Crippen LogP contribution in [-0.2, 0) is 4.79 Å². The van der Waals surface area contributed by atoms with Gasteiger partial charge in [0.1, 0.15) is 0 Å². The fourth-order valence-electron chi connectivity index (χ4n) is 1.25. The zero-order valence-electron chi connectivity index (χ0n) is 11.6. The van der Waals surface area contributed by atoms with Gasteiger partial charge in [0.25, 0.3) is 0 Å². The maximum atomic E-state index is 11.8. The number of thiocarbonyl (C=S) groups is 1. The number of benzene rings is 1.